The van der Waals surface area contributed by atoms with Crippen molar-refractivity contribution in [1.82, 2.24) is 15.0 Å². The number of hydrogen-bond donors (Lipinski definition) is 0. The first kappa shape index (κ1) is 26.9. The van der Waals surface area contributed by atoms with Gasteiger partial charge in [-0.05, 0) is 63.8 Å². The van der Waals surface area contributed by atoms with E-state index in [9.17, 15) is 0 Å². The number of nitrogens with zero attached hydrogens (tertiary/aromatic N) is 3. The lowest BCUT2D eigenvalue weighted by molar-refractivity contribution is 0.403. The molecule has 44 heavy (non-hydrogen) atoms. The summed E-state index contributed by atoms with van der Waals surface area (Å²) >= 11 is 1.81. The Morgan fingerprint density at radius 1 is 0.500 bits per heavy atom. The van der Waals surface area contributed by atoms with Crippen LogP contribution in [0.15, 0.2) is 115 Å². The Morgan fingerprint density at radius 2 is 1.11 bits per heavy atom. The van der Waals surface area contributed by atoms with E-state index in [2.05, 4.69) is 137 Å². The van der Waals surface area contributed by atoms with Crippen LogP contribution < -0.4 is 0 Å². The highest BCUT2D eigenvalue weighted by Crippen LogP contribution is 2.50. The zero-order valence-corrected chi connectivity index (χ0v) is 26.2. The first-order chi connectivity index (χ1) is 21.3. The molecule has 0 radical (unpaired) electrons. The SMILES string of the molecule is CC1(C)CC(C)(C)c2cc(-c3nc(-c4cccc(-c5ccccc5)c4)nc(-c4cccc5sc6ccccc6c45)n3)ccc21. The summed E-state index contributed by atoms with van der Waals surface area (Å²) in [5.41, 5.74) is 8.38. The second kappa shape index (κ2) is 9.93. The average molecular weight is 588 g/mol. The molecule has 214 valence electrons. The third kappa shape index (κ3) is 4.44. The number of aromatic nitrogens is 3. The Hall–Kier alpha value is -4.67. The first-order valence-corrected chi connectivity index (χ1v) is 16.1. The summed E-state index contributed by atoms with van der Waals surface area (Å²) < 4.78 is 2.50. The van der Waals surface area contributed by atoms with Crippen molar-refractivity contribution >= 4 is 31.5 Å². The Balaban J connectivity index is 1.37. The lowest BCUT2D eigenvalue weighted by Crippen LogP contribution is -2.17. The van der Waals surface area contributed by atoms with E-state index in [0.717, 1.165) is 28.7 Å². The Kier molecular flexibility index (Phi) is 6.08. The van der Waals surface area contributed by atoms with Crippen LogP contribution in [0.25, 0.3) is 65.5 Å². The molecule has 2 heterocycles. The van der Waals surface area contributed by atoms with Crippen molar-refractivity contribution in [1.29, 1.82) is 0 Å². The van der Waals surface area contributed by atoms with Crippen LogP contribution in [0.3, 0.4) is 0 Å². The van der Waals surface area contributed by atoms with Crippen LogP contribution in [0.5, 0.6) is 0 Å². The van der Waals surface area contributed by atoms with E-state index in [1.807, 2.05) is 17.4 Å². The van der Waals surface area contributed by atoms with Gasteiger partial charge >= 0.3 is 0 Å². The molecule has 8 rings (SSSR count). The maximum Gasteiger partial charge on any atom is 0.164 e. The summed E-state index contributed by atoms with van der Waals surface area (Å²) in [6, 6.07) is 40.9. The molecule has 0 bridgehead atoms. The van der Waals surface area contributed by atoms with Crippen LogP contribution in [0.1, 0.15) is 45.2 Å². The number of benzene rings is 5. The van der Waals surface area contributed by atoms with E-state index in [1.165, 1.54) is 36.9 Å². The van der Waals surface area contributed by atoms with Crippen molar-refractivity contribution in [2.45, 2.75) is 44.9 Å². The van der Waals surface area contributed by atoms with Gasteiger partial charge < -0.3 is 0 Å². The lowest BCUT2D eigenvalue weighted by atomic mass is 9.82. The van der Waals surface area contributed by atoms with Crippen LogP contribution in [0.2, 0.25) is 0 Å². The highest BCUT2D eigenvalue weighted by atomic mass is 32.1. The van der Waals surface area contributed by atoms with Gasteiger partial charge in [0.25, 0.3) is 0 Å². The van der Waals surface area contributed by atoms with Gasteiger partial charge in [-0.1, -0.05) is 119 Å². The van der Waals surface area contributed by atoms with Crippen molar-refractivity contribution in [3.63, 3.8) is 0 Å². The van der Waals surface area contributed by atoms with Crippen LogP contribution >= 0.6 is 11.3 Å². The number of hydrogen-bond acceptors (Lipinski definition) is 4. The van der Waals surface area contributed by atoms with Gasteiger partial charge in [0.05, 0.1) is 0 Å². The van der Waals surface area contributed by atoms with E-state index in [4.69, 9.17) is 15.0 Å². The van der Waals surface area contributed by atoms with Crippen LogP contribution in [-0.4, -0.2) is 15.0 Å². The van der Waals surface area contributed by atoms with Crippen molar-refractivity contribution in [2.24, 2.45) is 0 Å². The predicted molar refractivity (Wildman–Crippen MR) is 185 cm³/mol. The molecule has 0 saturated heterocycles. The minimum Gasteiger partial charge on any atom is -0.208 e. The molecule has 7 aromatic rings. The summed E-state index contributed by atoms with van der Waals surface area (Å²) in [6.45, 7) is 9.41. The zero-order chi connectivity index (χ0) is 30.1. The molecule has 1 aliphatic rings. The predicted octanol–water partition coefficient (Wildman–Crippen LogP) is 10.9. The first-order valence-electron chi connectivity index (χ1n) is 15.2. The van der Waals surface area contributed by atoms with E-state index < -0.39 is 0 Å². The minimum atomic E-state index is 0.0821. The quantitative estimate of drug-likeness (QED) is 0.206. The van der Waals surface area contributed by atoms with E-state index in [1.54, 1.807) is 0 Å². The monoisotopic (exact) mass is 587 g/mol. The second-order valence-electron chi connectivity index (χ2n) is 13.2. The largest absolute Gasteiger partial charge is 0.208 e. The summed E-state index contributed by atoms with van der Waals surface area (Å²) in [4.78, 5) is 15.5. The third-order valence-corrected chi connectivity index (χ3v) is 10.3. The van der Waals surface area contributed by atoms with Crippen molar-refractivity contribution in [3.8, 4) is 45.3 Å². The second-order valence-corrected chi connectivity index (χ2v) is 14.3. The fraction of sp³-hybridized carbons (Fsp3) is 0.175. The van der Waals surface area contributed by atoms with Gasteiger partial charge in [-0.15, -0.1) is 11.3 Å². The van der Waals surface area contributed by atoms with Gasteiger partial charge in [0.15, 0.2) is 17.5 Å². The molecule has 0 unspecified atom stereocenters. The molecule has 4 heteroatoms. The maximum atomic E-state index is 5.21. The van der Waals surface area contributed by atoms with Crippen molar-refractivity contribution < 1.29 is 0 Å². The fourth-order valence-electron chi connectivity index (χ4n) is 7.31. The van der Waals surface area contributed by atoms with Gasteiger partial charge in [-0.3, -0.25) is 0 Å². The smallest absolute Gasteiger partial charge is 0.164 e. The van der Waals surface area contributed by atoms with Gasteiger partial charge in [0, 0.05) is 36.9 Å². The summed E-state index contributed by atoms with van der Waals surface area (Å²) in [5, 5.41) is 2.44. The molecule has 1 aliphatic carbocycles. The normalized spacial score (nSPS) is 15.1. The molecule has 2 aromatic heterocycles. The molecule has 5 aromatic carbocycles. The molecule has 0 aliphatic heterocycles. The summed E-state index contributed by atoms with van der Waals surface area (Å²) in [6.07, 6.45) is 1.12. The van der Waals surface area contributed by atoms with E-state index >= 15 is 0 Å². The molecule has 0 fully saturated rings. The number of thiophene rings is 1. The van der Waals surface area contributed by atoms with Crippen molar-refractivity contribution in [3.05, 3.63) is 126 Å². The topological polar surface area (TPSA) is 38.7 Å². The number of rotatable bonds is 4. The Morgan fingerprint density at radius 3 is 1.93 bits per heavy atom. The number of fused-ring (bicyclic) bond motifs is 4. The maximum absolute atomic E-state index is 5.21. The highest BCUT2D eigenvalue weighted by Gasteiger charge is 2.41. The minimum absolute atomic E-state index is 0.0821. The molecule has 0 atom stereocenters. The van der Waals surface area contributed by atoms with Crippen LogP contribution in [-0.2, 0) is 10.8 Å². The fourth-order valence-corrected chi connectivity index (χ4v) is 8.44. The van der Waals surface area contributed by atoms with Gasteiger partial charge in [-0.2, -0.15) is 0 Å². The summed E-state index contributed by atoms with van der Waals surface area (Å²) in [5.74, 6) is 2.08. The van der Waals surface area contributed by atoms with Gasteiger partial charge in [0.1, 0.15) is 0 Å². The van der Waals surface area contributed by atoms with Gasteiger partial charge in [0.2, 0.25) is 0 Å². The van der Waals surface area contributed by atoms with Gasteiger partial charge in [-0.25, -0.2) is 15.0 Å². The lowest BCUT2D eigenvalue weighted by Gasteiger charge is -2.22. The van der Waals surface area contributed by atoms with E-state index in [-0.39, 0.29) is 10.8 Å². The zero-order valence-electron chi connectivity index (χ0n) is 25.4. The average Bonchev–Trinajstić information content (AvgIpc) is 3.51. The third-order valence-electron chi connectivity index (χ3n) is 9.13. The van der Waals surface area contributed by atoms with Crippen LogP contribution in [0, 0.1) is 0 Å². The molecule has 0 amide bonds. The van der Waals surface area contributed by atoms with Crippen LogP contribution in [0.4, 0.5) is 0 Å². The molecular formula is C40H33N3S. The standard InChI is InChI=1S/C40H33N3S/c1-39(2)24-40(3,4)32-23-28(20-21-31(32)39)37-41-36(27-15-10-14-26(22-27)25-12-6-5-7-13-25)42-38(43-37)30-17-11-19-34-35(30)29-16-8-9-18-33(29)44-34/h5-23H,24H2,1-4H3. The summed E-state index contributed by atoms with van der Waals surface area (Å²) in [7, 11) is 0. The molecular weight excluding hydrogens is 555 g/mol. The van der Waals surface area contributed by atoms with Crippen molar-refractivity contribution in [2.75, 3.05) is 0 Å². The molecule has 0 N–H and O–H groups in total. The molecule has 0 saturated carbocycles. The Bertz CT molecular complexity index is 2210. The molecule has 0 spiro atoms. The highest BCUT2D eigenvalue weighted by molar-refractivity contribution is 7.25. The van der Waals surface area contributed by atoms with E-state index in [0.29, 0.717) is 17.5 Å². The Labute approximate surface area is 262 Å². The molecule has 3 nitrogen and oxygen atoms in total.